The molecule has 0 radical (unpaired) electrons. The first-order valence-corrected chi connectivity index (χ1v) is 6.45. The minimum atomic E-state index is -1.35. The molecule has 0 saturated carbocycles. The molecular weight excluding hydrogens is 339 g/mol. The van der Waals surface area contributed by atoms with Crippen LogP contribution in [0.25, 0.3) is 0 Å². The number of nitrogens with two attached hydrogens (primary N) is 1. The summed E-state index contributed by atoms with van der Waals surface area (Å²) in [7, 11) is 0. The van der Waals surface area contributed by atoms with Crippen molar-refractivity contribution in [1.29, 1.82) is 0 Å². The van der Waals surface area contributed by atoms with Gasteiger partial charge in [0.15, 0.2) is 0 Å². The maximum Gasteiger partial charge on any atom is 0.273 e. The van der Waals surface area contributed by atoms with Gasteiger partial charge >= 0.3 is 0 Å². The monoisotopic (exact) mass is 350 g/mol. The van der Waals surface area contributed by atoms with Crippen LogP contribution in [-0.4, -0.2) is 27.9 Å². The molecule has 3 N–H and O–H groups in total. The number of hydrogen-bond acceptors (Lipinski definition) is 4. The van der Waals surface area contributed by atoms with Crippen LogP contribution in [0.3, 0.4) is 0 Å². The van der Waals surface area contributed by atoms with E-state index >= 15 is 0 Å². The van der Waals surface area contributed by atoms with Crippen molar-refractivity contribution in [3.63, 3.8) is 0 Å². The predicted molar refractivity (Wildman–Crippen MR) is 74.1 cm³/mol. The highest BCUT2D eigenvalue weighted by Crippen LogP contribution is 2.38. The first-order chi connectivity index (χ1) is 8.74. The highest BCUT2D eigenvalue weighted by Gasteiger charge is 2.42. The third-order valence-corrected chi connectivity index (χ3v) is 4.10. The van der Waals surface area contributed by atoms with Crippen LogP contribution in [0.15, 0.2) is 22.7 Å². The zero-order valence-corrected chi connectivity index (χ0v) is 12.3. The lowest BCUT2D eigenvalue weighted by atomic mass is 9.78. The number of carbonyl (C=O) groups is 1. The van der Waals surface area contributed by atoms with Crippen molar-refractivity contribution >= 4 is 39.1 Å². The molecule has 0 aromatic heterocycles. The summed E-state index contributed by atoms with van der Waals surface area (Å²) in [6.07, 6.45) is 0. The van der Waals surface area contributed by atoms with E-state index in [0.29, 0.717) is 4.47 Å². The van der Waals surface area contributed by atoms with Crippen molar-refractivity contribution in [2.45, 2.75) is 17.7 Å². The number of nitro groups is 1. The SMILES string of the molecule is C[C@](CO)(c1cc(Br)ccc1[N+](=O)[O-])C(Cl)C(N)=O. The molecule has 0 saturated heterocycles. The molecule has 0 fully saturated rings. The number of halogens is 2. The van der Waals surface area contributed by atoms with E-state index in [2.05, 4.69) is 15.9 Å². The highest BCUT2D eigenvalue weighted by atomic mass is 79.9. The fourth-order valence-electron chi connectivity index (χ4n) is 1.74. The number of nitrogens with zero attached hydrogens (tertiary/aromatic N) is 1. The number of primary amides is 1. The van der Waals surface area contributed by atoms with E-state index in [1.165, 1.54) is 25.1 Å². The number of aliphatic hydroxyl groups excluding tert-OH is 1. The van der Waals surface area contributed by atoms with Crippen LogP contribution in [0, 0.1) is 10.1 Å². The fourth-order valence-corrected chi connectivity index (χ4v) is 2.29. The lowest BCUT2D eigenvalue weighted by Gasteiger charge is -2.30. The molecule has 1 amide bonds. The van der Waals surface area contributed by atoms with E-state index in [1.54, 1.807) is 0 Å². The standard InChI is InChI=1S/C11H12BrClN2O4/c1-11(5-16,9(13)10(14)17)7-4-6(12)2-3-8(7)15(18)19/h2-4,9,16H,5H2,1H3,(H2,14,17)/t9?,11-/m0/s1. The van der Waals surface area contributed by atoms with E-state index in [9.17, 15) is 20.0 Å². The summed E-state index contributed by atoms with van der Waals surface area (Å²) in [5.74, 6) is -0.854. The minimum absolute atomic E-state index is 0.146. The zero-order chi connectivity index (χ0) is 14.8. The van der Waals surface area contributed by atoms with E-state index in [4.69, 9.17) is 17.3 Å². The molecule has 104 valence electrons. The number of amides is 1. The van der Waals surface area contributed by atoms with E-state index < -0.39 is 28.2 Å². The fraction of sp³-hybridized carbons (Fsp3) is 0.364. The Kier molecular flexibility index (Phi) is 4.89. The van der Waals surface area contributed by atoms with Crippen molar-refractivity contribution in [3.05, 3.63) is 38.3 Å². The molecule has 0 bridgehead atoms. The molecular formula is C11H12BrClN2O4. The molecule has 1 rings (SSSR count). The summed E-state index contributed by atoms with van der Waals surface area (Å²) in [6, 6.07) is 4.22. The van der Waals surface area contributed by atoms with Crippen LogP contribution in [0.2, 0.25) is 0 Å². The van der Waals surface area contributed by atoms with Crippen molar-refractivity contribution in [3.8, 4) is 0 Å². The second kappa shape index (κ2) is 5.85. The Labute approximate surface area is 122 Å². The molecule has 0 aliphatic carbocycles. The van der Waals surface area contributed by atoms with Crippen molar-refractivity contribution in [2.24, 2.45) is 5.73 Å². The quantitative estimate of drug-likeness (QED) is 0.478. The number of benzene rings is 1. The van der Waals surface area contributed by atoms with Gasteiger partial charge in [-0.05, 0) is 12.1 Å². The molecule has 0 aliphatic heterocycles. The third kappa shape index (κ3) is 3.05. The lowest BCUT2D eigenvalue weighted by Crippen LogP contribution is -2.45. The molecule has 1 aromatic carbocycles. The van der Waals surface area contributed by atoms with Gasteiger partial charge in [0.2, 0.25) is 5.91 Å². The van der Waals surface area contributed by atoms with Crippen LogP contribution >= 0.6 is 27.5 Å². The summed E-state index contributed by atoms with van der Waals surface area (Å²) in [5, 5.41) is 19.3. The largest absolute Gasteiger partial charge is 0.395 e. The second-order valence-corrected chi connectivity index (χ2v) is 5.61. The van der Waals surface area contributed by atoms with Gasteiger partial charge in [-0.25, -0.2) is 0 Å². The predicted octanol–water partition coefficient (Wildman–Crippen LogP) is 1.70. The molecule has 0 spiro atoms. The normalized spacial score (nSPS) is 15.6. The van der Waals surface area contributed by atoms with Crippen LogP contribution in [0.5, 0.6) is 0 Å². The van der Waals surface area contributed by atoms with Gasteiger partial charge in [0.25, 0.3) is 5.69 Å². The molecule has 1 aromatic rings. The van der Waals surface area contributed by atoms with Crippen molar-refractivity contribution in [1.82, 2.24) is 0 Å². The van der Waals surface area contributed by atoms with Gasteiger partial charge in [-0.15, -0.1) is 11.6 Å². The minimum Gasteiger partial charge on any atom is -0.395 e. The van der Waals surface area contributed by atoms with E-state index in [0.717, 1.165) is 0 Å². The van der Waals surface area contributed by atoms with Gasteiger partial charge < -0.3 is 10.8 Å². The number of alkyl halides is 1. The van der Waals surface area contributed by atoms with Crippen molar-refractivity contribution in [2.75, 3.05) is 6.61 Å². The molecule has 1 unspecified atom stereocenters. The Morgan fingerprint density at radius 3 is 2.68 bits per heavy atom. The van der Waals surface area contributed by atoms with Crippen molar-refractivity contribution < 1.29 is 14.8 Å². The number of nitro benzene ring substituents is 1. The summed E-state index contributed by atoms with van der Waals surface area (Å²) in [6.45, 7) is 0.894. The van der Waals surface area contributed by atoms with Gasteiger partial charge in [0.05, 0.1) is 11.5 Å². The first-order valence-electron chi connectivity index (χ1n) is 5.22. The molecule has 2 atom stereocenters. The Morgan fingerprint density at radius 2 is 2.26 bits per heavy atom. The highest BCUT2D eigenvalue weighted by molar-refractivity contribution is 9.10. The van der Waals surface area contributed by atoms with Crippen LogP contribution in [-0.2, 0) is 10.2 Å². The van der Waals surface area contributed by atoms with Gasteiger partial charge in [-0.1, -0.05) is 22.9 Å². The average Bonchev–Trinajstić information content (AvgIpc) is 2.36. The molecule has 6 nitrogen and oxygen atoms in total. The van der Waals surface area contributed by atoms with E-state index in [1.807, 2.05) is 0 Å². The average molecular weight is 352 g/mol. The maximum atomic E-state index is 11.2. The topological polar surface area (TPSA) is 106 Å². The van der Waals surface area contributed by atoms with Crippen LogP contribution in [0.4, 0.5) is 5.69 Å². The lowest BCUT2D eigenvalue weighted by molar-refractivity contribution is -0.386. The smallest absolute Gasteiger partial charge is 0.273 e. The Morgan fingerprint density at radius 1 is 1.68 bits per heavy atom. The molecule has 0 aliphatic rings. The molecule has 19 heavy (non-hydrogen) atoms. The van der Waals surface area contributed by atoms with Gasteiger partial charge in [-0.2, -0.15) is 0 Å². The van der Waals surface area contributed by atoms with Crippen LogP contribution < -0.4 is 5.73 Å². The number of hydrogen-bond donors (Lipinski definition) is 2. The van der Waals surface area contributed by atoms with E-state index in [-0.39, 0.29) is 11.3 Å². The number of carbonyl (C=O) groups excluding carboxylic acids is 1. The summed E-state index contributed by atoms with van der Waals surface area (Å²) in [5.41, 5.74) is 3.70. The Hall–Kier alpha value is -1.18. The van der Waals surface area contributed by atoms with Crippen LogP contribution in [0.1, 0.15) is 12.5 Å². The summed E-state index contributed by atoms with van der Waals surface area (Å²) >= 11 is 9.10. The second-order valence-electron chi connectivity index (χ2n) is 4.26. The first kappa shape index (κ1) is 15.9. The molecule has 8 heteroatoms. The van der Waals surface area contributed by atoms with Gasteiger partial charge in [0.1, 0.15) is 5.38 Å². The number of rotatable bonds is 5. The summed E-state index contributed by atoms with van der Waals surface area (Å²) < 4.78 is 0.570. The zero-order valence-electron chi connectivity index (χ0n) is 9.97. The number of aliphatic hydroxyl groups is 1. The summed E-state index contributed by atoms with van der Waals surface area (Å²) in [4.78, 5) is 21.7. The van der Waals surface area contributed by atoms with Gasteiger partial charge in [-0.3, -0.25) is 14.9 Å². The maximum absolute atomic E-state index is 11.2. The third-order valence-electron chi connectivity index (χ3n) is 2.91. The molecule has 0 heterocycles. The Bertz CT molecular complexity index is 525. The Balaban J connectivity index is 3.51. The van der Waals surface area contributed by atoms with Gasteiger partial charge in [0, 0.05) is 21.5 Å².